The molecular formula is C16H26N2O2. The van der Waals surface area contributed by atoms with Crippen LogP contribution in [0.1, 0.15) is 45.6 Å². The van der Waals surface area contributed by atoms with E-state index in [-0.39, 0.29) is 6.10 Å². The molecule has 1 aromatic heterocycles. The minimum Gasteiger partial charge on any atom is -0.489 e. The number of hydrogen-bond acceptors (Lipinski definition) is 4. The quantitative estimate of drug-likeness (QED) is 0.919. The van der Waals surface area contributed by atoms with Crippen LogP contribution in [0, 0.1) is 0 Å². The number of pyridine rings is 1. The molecule has 1 fully saturated rings. The molecule has 1 saturated heterocycles. The van der Waals surface area contributed by atoms with E-state index in [1.54, 1.807) is 12.4 Å². The first-order valence-corrected chi connectivity index (χ1v) is 7.60. The van der Waals surface area contributed by atoms with Gasteiger partial charge in [-0.2, -0.15) is 0 Å². The smallest absolute Gasteiger partial charge is 0.138 e. The maximum atomic E-state index is 11.0. The van der Waals surface area contributed by atoms with Crippen LogP contribution in [0.25, 0.3) is 0 Å². The van der Waals surface area contributed by atoms with Gasteiger partial charge in [0.25, 0.3) is 0 Å². The van der Waals surface area contributed by atoms with Crippen molar-refractivity contribution < 1.29 is 9.84 Å². The van der Waals surface area contributed by atoms with Gasteiger partial charge in [-0.15, -0.1) is 0 Å². The van der Waals surface area contributed by atoms with E-state index in [0.717, 1.165) is 50.2 Å². The fraction of sp³-hybridized carbons (Fsp3) is 0.688. The Labute approximate surface area is 121 Å². The second-order valence-corrected chi connectivity index (χ2v) is 5.90. The zero-order valence-electron chi connectivity index (χ0n) is 12.8. The van der Waals surface area contributed by atoms with Crippen LogP contribution < -0.4 is 4.74 Å². The molecule has 0 bridgehead atoms. The van der Waals surface area contributed by atoms with Crippen molar-refractivity contribution in [2.24, 2.45) is 0 Å². The van der Waals surface area contributed by atoms with Gasteiger partial charge in [-0.1, -0.05) is 6.92 Å². The molecule has 0 spiro atoms. The average Bonchev–Trinajstić information content (AvgIpc) is 2.61. The summed E-state index contributed by atoms with van der Waals surface area (Å²) < 4.78 is 5.68. The fourth-order valence-corrected chi connectivity index (χ4v) is 2.79. The zero-order valence-corrected chi connectivity index (χ0v) is 12.8. The predicted molar refractivity (Wildman–Crippen MR) is 79.9 cm³/mol. The zero-order chi connectivity index (χ0) is 14.6. The lowest BCUT2D eigenvalue weighted by atomic mass is 9.88. The molecule has 1 unspecified atom stereocenters. The summed E-state index contributed by atoms with van der Waals surface area (Å²) in [4.78, 5) is 6.62. The lowest BCUT2D eigenvalue weighted by molar-refractivity contribution is 0.0207. The van der Waals surface area contributed by atoms with E-state index >= 15 is 0 Å². The Hall–Kier alpha value is -1.13. The Morgan fingerprint density at radius 1 is 1.35 bits per heavy atom. The van der Waals surface area contributed by atoms with Crippen LogP contribution in [0.2, 0.25) is 0 Å². The molecule has 1 aliphatic heterocycles. The molecule has 1 aromatic rings. The average molecular weight is 278 g/mol. The number of aliphatic hydroxyl groups is 1. The van der Waals surface area contributed by atoms with Crippen LogP contribution >= 0.6 is 0 Å². The molecule has 112 valence electrons. The Balaban J connectivity index is 2.16. The predicted octanol–water partition coefficient (Wildman–Crippen LogP) is 2.56. The van der Waals surface area contributed by atoms with Gasteiger partial charge in [-0.25, -0.2) is 0 Å². The van der Waals surface area contributed by atoms with E-state index in [2.05, 4.69) is 16.8 Å². The van der Waals surface area contributed by atoms with Gasteiger partial charge in [0.15, 0.2) is 0 Å². The van der Waals surface area contributed by atoms with Crippen molar-refractivity contribution in [3.63, 3.8) is 0 Å². The monoisotopic (exact) mass is 278 g/mol. The van der Waals surface area contributed by atoms with Gasteiger partial charge in [0, 0.05) is 18.3 Å². The summed E-state index contributed by atoms with van der Waals surface area (Å²) in [6.07, 6.45) is 6.16. The molecule has 0 amide bonds. The molecule has 1 N–H and O–H groups in total. The van der Waals surface area contributed by atoms with Crippen molar-refractivity contribution in [2.75, 3.05) is 19.6 Å². The first-order chi connectivity index (χ1) is 9.53. The molecule has 4 nitrogen and oxygen atoms in total. The Bertz CT molecular complexity index is 436. The topological polar surface area (TPSA) is 45.6 Å². The minimum atomic E-state index is -0.771. The van der Waals surface area contributed by atoms with Crippen LogP contribution in [0.4, 0.5) is 0 Å². The number of hydrogen-bond donors (Lipinski definition) is 1. The van der Waals surface area contributed by atoms with E-state index in [4.69, 9.17) is 4.74 Å². The third-order valence-electron chi connectivity index (χ3n) is 3.98. The molecule has 4 heteroatoms. The second kappa shape index (κ2) is 6.55. The summed E-state index contributed by atoms with van der Waals surface area (Å²) >= 11 is 0. The first kappa shape index (κ1) is 15.3. The van der Waals surface area contributed by atoms with Gasteiger partial charge in [0.05, 0.1) is 17.9 Å². The van der Waals surface area contributed by atoms with Crippen molar-refractivity contribution >= 4 is 0 Å². The van der Waals surface area contributed by atoms with Crippen molar-refractivity contribution in [1.29, 1.82) is 0 Å². The highest BCUT2D eigenvalue weighted by molar-refractivity contribution is 5.28. The lowest BCUT2D eigenvalue weighted by Gasteiger charge is -2.27. The fourth-order valence-electron chi connectivity index (χ4n) is 2.79. The number of nitrogens with zero attached hydrogens (tertiary/aromatic N) is 2. The van der Waals surface area contributed by atoms with E-state index in [1.165, 1.54) is 0 Å². The van der Waals surface area contributed by atoms with Gasteiger partial charge < -0.3 is 14.7 Å². The van der Waals surface area contributed by atoms with E-state index in [1.807, 2.05) is 19.9 Å². The van der Waals surface area contributed by atoms with Crippen LogP contribution in [-0.2, 0) is 5.60 Å². The highest BCUT2D eigenvalue weighted by Gasteiger charge is 2.32. The summed E-state index contributed by atoms with van der Waals surface area (Å²) in [5, 5.41) is 11.0. The lowest BCUT2D eigenvalue weighted by Crippen LogP contribution is -2.29. The summed E-state index contributed by atoms with van der Waals surface area (Å²) in [7, 11) is 0. The van der Waals surface area contributed by atoms with Crippen molar-refractivity contribution in [3.05, 3.63) is 24.0 Å². The molecule has 2 rings (SSSR count). The van der Waals surface area contributed by atoms with Gasteiger partial charge in [0.2, 0.25) is 0 Å². The van der Waals surface area contributed by atoms with Crippen LogP contribution in [-0.4, -0.2) is 40.7 Å². The third-order valence-corrected chi connectivity index (χ3v) is 3.98. The highest BCUT2D eigenvalue weighted by atomic mass is 16.5. The summed E-state index contributed by atoms with van der Waals surface area (Å²) in [6.45, 7) is 9.20. The molecule has 0 saturated carbocycles. The second-order valence-electron chi connectivity index (χ2n) is 5.90. The van der Waals surface area contributed by atoms with E-state index < -0.39 is 5.60 Å². The van der Waals surface area contributed by atoms with Crippen LogP contribution in [0.15, 0.2) is 18.5 Å². The SMILES string of the molecule is CCN1CCCC(O)(c2cncc(OC(C)C)c2)CC1. The molecule has 1 aliphatic rings. The number of likely N-dealkylation sites (tertiary alicyclic amines) is 1. The maximum absolute atomic E-state index is 11.0. The number of ether oxygens (including phenoxy) is 1. The Kier molecular flexibility index (Phi) is 5.00. The summed E-state index contributed by atoms with van der Waals surface area (Å²) in [5.74, 6) is 0.738. The van der Waals surface area contributed by atoms with E-state index in [9.17, 15) is 5.11 Å². The molecule has 0 radical (unpaired) electrons. The molecular weight excluding hydrogens is 252 g/mol. The minimum absolute atomic E-state index is 0.117. The van der Waals surface area contributed by atoms with Crippen molar-refractivity contribution in [2.45, 2.75) is 51.7 Å². The van der Waals surface area contributed by atoms with Crippen molar-refractivity contribution in [1.82, 2.24) is 9.88 Å². The largest absolute Gasteiger partial charge is 0.489 e. The standard InChI is InChI=1S/C16H26N2O2/c1-4-18-8-5-6-16(19,7-9-18)14-10-15(12-17-11-14)20-13(2)3/h10-13,19H,4-9H2,1-3H3. The van der Waals surface area contributed by atoms with Gasteiger partial charge in [-0.05, 0) is 52.3 Å². The molecule has 2 heterocycles. The maximum Gasteiger partial charge on any atom is 0.138 e. The summed E-state index contributed by atoms with van der Waals surface area (Å²) in [6, 6.07) is 1.94. The summed E-state index contributed by atoms with van der Waals surface area (Å²) in [5.41, 5.74) is 0.112. The molecule has 20 heavy (non-hydrogen) atoms. The highest BCUT2D eigenvalue weighted by Crippen LogP contribution is 2.33. The third kappa shape index (κ3) is 3.70. The molecule has 0 aliphatic carbocycles. The normalized spacial score (nSPS) is 24.6. The van der Waals surface area contributed by atoms with Gasteiger partial charge in [0.1, 0.15) is 5.75 Å². The van der Waals surface area contributed by atoms with Crippen LogP contribution in [0.3, 0.4) is 0 Å². The van der Waals surface area contributed by atoms with Crippen LogP contribution in [0.5, 0.6) is 5.75 Å². The Morgan fingerprint density at radius 2 is 2.15 bits per heavy atom. The number of aromatic nitrogens is 1. The van der Waals surface area contributed by atoms with E-state index in [0.29, 0.717) is 0 Å². The Morgan fingerprint density at radius 3 is 2.85 bits per heavy atom. The molecule has 0 aromatic carbocycles. The van der Waals surface area contributed by atoms with Crippen molar-refractivity contribution in [3.8, 4) is 5.75 Å². The first-order valence-electron chi connectivity index (χ1n) is 7.60. The molecule has 1 atom stereocenters. The number of rotatable bonds is 4. The van der Waals surface area contributed by atoms with Gasteiger partial charge >= 0.3 is 0 Å². The van der Waals surface area contributed by atoms with Gasteiger partial charge in [-0.3, -0.25) is 4.98 Å².